The van der Waals surface area contributed by atoms with Crippen LogP contribution in [0.2, 0.25) is 0 Å². The summed E-state index contributed by atoms with van der Waals surface area (Å²) < 4.78 is 28.4. The summed E-state index contributed by atoms with van der Waals surface area (Å²) in [5, 5.41) is 13.5. The summed E-state index contributed by atoms with van der Waals surface area (Å²) in [5.41, 5.74) is 3.47. The number of carbonyl (C=O) groups is 1. The second-order valence-electron chi connectivity index (χ2n) is 11.1. The Morgan fingerprint density at radius 1 is 0.949 bits per heavy atom. The molecule has 0 aliphatic carbocycles. The standard InChI is InChI=1S/C32H34F2N2O3/c1-20-15-28-26(16-23(20)10-5-21-6-11-24(33)12-7-21)30(38)27(18-36(28)29(19-37)32(2,3)4)31(39)35-17-22-8-13-25(34)14-9-22/h6-9,11-16,18,29,37H,5,10,17,19H2,1-4H3,(H,35,39)/t29-/m1/s1. The first-order valence-corrected chi connectivity index (χ1v) is 13.0. The average Bonchev–Trinajstić information content (AvgIpc) is 2.89. The number of halogens is 2. The molecule has 0 bridgehead atoms. The molecule has 1 heterocycles. The lowest BCUT2D eigenvalue weighted by Gasteiger charge is -2.33. The molecule has 1 aromatic heterocycles. The molecule has 1 amide bonds. The number of aliphatic hydroxyl groups excluding tert-OH is 1. The Hall–Kier alpha value is -3.84. The van der Waals surface area contributed by atoms with E-state index in [1.807, 2.05) is 44.4 Å². The number of benzene rings is 3. The van der Waals surface area contributed by atoms with Crippen LogP contribution in [0.1, 0.15) is 59.4 Å². The summed E-state index contributed by atoms with van der Waals surface area (Å²) in [6.07, 6.45) is 2.84. The molecular formula is C32H34F2N2O3. The van der Waals surface area contributed by atoms with Crippen LogP contribution < -0.4 is 10.7 Å². The van der Waals surface area contributed by atoms with E-state index < -0.39 is 17.4 Å². The average molecular weight is 533 g/mol. The van der Waals surface area contributed by atoms with Crippen molar-refractivity contribution in [1.82, 2.24) is 9.88 Å². The first-order valence-electron chi connectivity index (χ1n) is 13.0. The third-order valence-electron chi connectivity index (χ3n) is 7.21. The van der Waals surface area contributed by atoms with Gasteiger partial charge in [0.05, 0.1) is 18.2 Å². The minimum Gasteiger partial charge on any atom is -0.394 e. The Morgan fingerprint density at radius 2 is 1.54 bits per heavy atom. The highest BCUT2D eigenvalue weighted by molar-refractivity contribution is 5.97. The zero-order valence-corrected chi connectivity index (χ0v) is 22.7. The zero-order valence-electron chi connectivity index (χ0n) is 22.7. The number of hydrogen-bond donors (Lipinski definition) is 2. The summed E-state index contributed by atoms with van der Waals surface area (Å²) in [4.78, 5) is 26.9. The molecule has 0 saturated heterocycles. The lowest BCUT2D eigenvalue weighted by molar-refractivity contribution is 0.0946. The second kappa shape index (κ2) is 11.5. The Labute approximate surface area is 227 Å². The van der Waals surface area contributed by atoms with Crippen LogP contribution in [0.5, 0.6) is 0 Å². The van der Waals surface area contributed by atoms with Gasteiger partial charge in [-0.2, -0.15) is 0 Å². The van der Waals surface area contributed by atoms with E-state index in [0.29, 0.717) is 29.3 Å². The van der Waals surface area contributed by atoms with Gasteiger partial charge in [0.2, 0.25) is 5.43 Å². The van der Waals surface area contributed by atoms with E-state index in [1.165, 1.54) is 30.5 Å². The maximum absolute atomic E-state index is 13.7. The van der Waals surface area contributed by atoms with Gasteiger partial charge in [-0.1, -0.05) is 45.0 Å². The molecule has 0 unspecified atom stereocenters. The Balaban J connectivity index is 1.77. The Bertz CT molecular complexity index is 1540. The van der Waals surface area contributed by atoms with Gasteiger partial charge < -0.3 is 15.0 Å². The lowest BCUT2D eigenvalue weighted by atomic mass is 9.86. The molecule has 1 atom stereocenters. The van der Waals surface area contributed by atoms with Crippen molar-refractivity contribution in [2.75, 3.05) is 6.61 Å². The molecule has 4 aromatic rings. The van der Waals surface area contributed by atoms with Crippen molar-refractivity contribution < 1.29 is 18.7 Å². The van der Waals surface area contributed by atoms with Gasteiger partial charge in [0.15, 0.2) is 0 Å². The van der Waals surface area contributed by atoms with Crippen LogP contribution in [0.4, 0.5) is 8.78 Å². The van der Waals surface area contributed by atoms with Crippen molar-refractivity contribution in [3.05, 3.63) is 117 Å². The number of pyridine rings is 1. The van der Waals surface area contributed by atoms with Gasteiger partial charge in [-0.15, -0.1) is 0 Å². The monoisotopic (exact) mass is 532 g/mol. The Morgan fingerprint density at radius 3 is 2.10 bits per heavy atom. The van der Waals surface area contributed by atoms with Crippen LogP contribution in [0, 0.1) is 24.0 Å². The maximum atomic E-state index is 13.7. The van der Waals surface area contributed by atoms with Crippen LogP contribution in [-0.4, -0.2) is 22.2 Å². The molecule has 0 aliphatic rings. The number of carbonyl (C=O) groups excluding carboxylic acids is 1. The Kier molecular flexibility index (Phi) is 8.31. The van der Waals surface area contributed by atoms with Crippen molar-refractivity contribution in [2.24, 2.45) is 5.41 Å². The topological polar surface area (TPSA) is 71.3 Å². The highest BCUT2D eigenvalue weighted by Crippen LogP contribution is 2.33. The predicted molar refractivity (Wildman–Crippen MR) is 150 cm³/mol. The van der Waals surface area contributed by atoms with Crippen LogP contribution >= 0.6 is 0 Å². The largest absolute Gasteiger partial charge is 0.394 e. The van der Waals surface area contributed by atoms with Crippen LogP contribution in [0.15, 0.2) is 71.7 Å². The summed E-state index contributed by atoms with van der Waals surface area (Å²) in [6.45, 7) is 7.92. The third-order valence-corrected chi connectivity index (χ3v) is 7.21. The number of amides is 1. The van der Waals surface area contributed by atoms with Gasteiger partial charge in [-0.05, 0) is 83.8 Å². The fourth-order valence-corrected chi connectivity index (χ4v) is 4.82. The van der Waals surface area contributed by atoms with Crippen LogP contribution in [0.25, 0.3) is 10.9 Å². The van der Waals surface area contributed by atoms with Gasteiger partial charge in [0, 0.05) is 18.1 Å². The van der Waals surface area contributed by atoms with Gasteiger partial charge in [0.1, 0.15) is 17.2 Å². The normalized spacial score (nSPS) is 12.5. The number of hydrogen-bond acceptors (Lipinski definition) is 3. The van der Waals surface area contributed by atoms with Gasteiger partial charge in [0.25, 0.3) is 5.91 Å². The van der Waals surface area contributed by atoms with E-state index in [1.54, 1.807) is 24.3 Å². The predicted octanol–water partition coefficient (Wildman–Crippen LogP) is 5.88. The van der Waals surface area contributed by atoms with E-state index in [-0.39, 0.29) is 35.8 Å². The summed E-state index contributed by atoms with van der Waals surface area (Å²) >= 11 is 0. The maximum Gasteiger partial charge on any atom is 0.257 e. The molecule has 5 nitrogen and oxygen atoms in total. The number of fused-ring (bicyclic) bond motifs is 1. The zero-order chi connectivity index (χ0) is 28.3. The van der Waals surface area contributed by atoms with Crippen molar-refractivity contribution in [3.63, 3.8) is 0 Å². The number of aromatic nitrogens is 1. The number of rotatable bonds is 8. The van der Waals surface area contributed by atoms with E-state index >= 15 is 0 Å². The van der Waals surface area contributed by atoms with Crippen molar-refractivity contribution in [3.8, 4) is 0 Å². The van der Waals surface area contributed by atoms with Gasteiger partial charge in [-0.25, -0.2) is 8.78 Å². The fraction of sp³-hybridized carbons (Fsp3) is 0.312. The highest BCUT2D eigenvalue weighted by atomic mass is 19.1. The third kappa shape index (κ3) is 6.42. The first kappa shape index (κ1) is 28.2. The molecule has 204 valence electrons. The molecule has 0 spiro atoms. The molecule has 0 radical (unpaired) electrons. The number of nitrogens with zero attached hydrogens (tertiary/aromatic N) is 1. The smallest absolute Gasteiger partial charge is 0.257 e. The lowest BCUT2D eigenvalue weighted by Crippen LogP contribution is -2.33. The van der Waals surface area contributed by atoms with E-state index in [0.717, 1.165) is 16.7 Å². The summed E-state index contributed by atoms with van der Waals surface area (Å²) in [5.74, 6) is -1.20. The molecule has 7 heteroatoms. The van der Waals surface area contributed by atoms with Crippen molar-refractivity contribution >= 4 is 16.8 Å². The first-order chi connectivity index (χ1) is 18.5. The number of aryl methyl sites for hydroxylation is 3. The van der Waals surface area contributed by atoms with Crippen molar-refractivity contribution in [1.29, 1.82) is 0 Å². The van der Waals surface area contributed by atoms with Gasteiger partial charge >= 0.3 is 0 Å². The summed E-state index contributed by atoms with van der Waals surface area (Å²) in [7, 11) is 0. The molecule has 0 fully saturated rings. The molecule has 0 saturated carbocycles. The molecule has 0 aliphatic heterocycles. The fourth-order valence-electron chi connectivity index (χ4n) is 4.82. The van der Waals surface area contributed by atoms with E-state index in [4.69, 9.17) is 0 Å². The molecule has 4 rings (SSSR count). The second-order valence-corrected chi connectivity index (χ2v) is 11.1. The molecule has 3 aromatic carbocycles. The summed E-state index contributed by atoms with van der Waals surface area (Å²) in [6, 6.07) is 15.5. The quantitative estimate of drug-likeness (QED) is 0.298. The molecule has 2 N–H and O–H groups in total. The van der Waals surface area contributed by atoms with E-state index in [2.05, 4.69) is 5.32 Å². The van der Waals surface area contributed by atoms with Crippen LogP contribution in [0.3, 0.4) is 0 Å². The SMILES string of the molecule is Cc1cc2c(cc1CCc1ccc(F)cc1)c(=O)c(C(=O)NCc1ccc(F)cc1)cn2[C@H](CO)C(C)(C)C. The van der Waals surface area contributed by atoms with Crippen LogP contribution in [-0.2, 0) is 19.4 Å². The number of nitrogens with one attached hydrogen (secondary N) is 1. The minimum atomic E-state index is -0.543. The van der Waals surface area contributed by atoms with Gasteiger partial charge in [-0.3, -0.25) is 9.59 Å². The highest BCUT2D eigenvalue weighted by Gasteiger charge is 2.28. The molecule has 39 heavy (non-hydrogen) atoms. The number of aliphatic hydroxyl groups is 1. The van der Waals surface area contributed by atoms with E-state index in [9.17, 15) is 23.5 Å². The van der Waals surface area contributed by atoms with Crippen molar-refractivity contribution in [2.45, 2.75) is 53.1 Å². The minimum absolute atomic E-state index is 0.0272. The molecular weight excluding hydrogens is 498 g/mol.